The monoisotopic (exact) mass is 241 g/mol. The normalized spacial score (nSPS) is 34.6. The molecule has 18 heavy (non-hydrogen) atoms. The maximum absolute atomic E-state index is 4.42. The quantitative estimate of drug-likeness (QED) is 0.743. The van der Waals surface area contributed by atoms with Gasteiger partial charge in [-0.1, -0.05) is 13.8 Å². The molecule has 0 saturated carbocycles. The molecule has 1 unspecified atom stereocenters. The van der Waals surface area contributed by atoms with E-state index in [1.807, 2.05) is 0 Å². The van der Waals surface area contributed by atoms with Crippen molar-refractivity contribution in [1.82, 2.24) is 15.3 Å². The van der Waals surface area contributed by atoms with Crippen molar-refractivity contribution in [2.45, 2.75) is 38.1 Å². The number of hydrogen-bond acceptors (Lipinski definition) is 2. The zero-order valence-corrected chi connectivity index (χ0v) is 11.0. The van der Waals surface area contributed by atoms with Crippen molar-refractivity contribution in [3.05, 3.63) is 29.6 Å². The number of aromatic amines is 1. The lowest BCUT2D eigenvalue weighted by Gasteiger charge is -2.50. The molecule has 0 radical (unpaired) electrons. The van der Waals surface area contributed by atoms with Crippen molar-refractivity contribution >= 4 is 11.0 Å². The van der Waals surface area contributed by atoms with E-state index in [0.29, 0.717) is 17.4 Å². The third-order valence-corrected chi connectivity index (χ3v) is 5.36. The van der Waals surface area contributed by atoms with Crippen molar-refractivity contribution in [3.8, 4) is 0 Å². The van der Waals surface area contributed by atoms with Crippen LogP contribution in [0.4, 0.5) is 0 Å². The second-order valence-electron chi connectivity index (χ2n) is 6.15. The largest absolute Gasteiger partial charge is 0.345 e. The van der Waals surface area contributed by atoms with Gasteiger partial charge in [0.1, 0.15) is 0 Å². The zero-order chi connectivity index (χ0) is 12.3. The van der Waals surface area contributed by atoms with E-state index in [1.165, 1.54) is 23.1 Å². The Bertz CT molecular complexity index is 615. The van der Waals surface area contributed by atoms with Crippen molar-refractivity contribution in [2.24, 2.45) is 5.92 Å². The molecule has 3 heteroatoms. The molecule has 2 aliphatic rings. The third-order valence-electron chi connectivity index (χ3n) is 5.36. The number of piperidine rings is 1. The van der Waals surface area contributed by atoms with Crippen LogP contribution in [-0.2, 0) is 11.8 Å². The molecule has 3 nitrogen and oxygen atoms in total. The molecule has 1 fully saturated rings. The number of nitrogens with one attached hydrogen (secondary N) is 2. The fourth-order valence-electron chi connectivity index (χ4n) is 3.96. The fraction of sp³-hybridized carbons (Fsp3) is 0.533. The Hall–Kier alpha value is -1.35. The molecule has 0 amide bonds. The standard InChI is InChI=1S/C15H19N3/c1-9-12-5-10-6-13-14(18-8-17-13)7-11(10)15(9,2)3-4-16-12/h6-9,12,16H,3-5H2,1-2H3,(H,17,18)/t9?,12-,15-/m1/s1. The zero-order valence-electron chi connectivity index (χ0n) is 11.0. The van der Waals surface area contributed by atoms with Crippen molar-refractivity contribution in [1.29, 1.82) is 0 Å². The summed E-state index contributed by atoms with van der Waals surface area (Å²) in [4.78, 5) is 7.65. The minimum absolute atomic E-state index is 0.316. The Kier molecular flexibility index (Phi) is 1.97. The molecule has 94 valence electrons. The first kappa shape index (κ1) is 10.6. The molecule has 0 spiro atoms. The minimum Gasteiger partial charge on any atom is -0.345 e. The van der Waals surface area contributed by atoms with Crippen LogP contribution in [0.15, 0.2) is 18.5 Å². The summed E-state index contributed by atoms with van der Waals surface area (Å²) in [5, 5.41) is 3.68. The molecular weight excluding hydrogens is 222 g/mol. The predicted molar refractivity (Wildman–Crippen MR) is 72.7 cm³/mol. The highest BCUT2D eigenvalue weighted by molar-refractivity contribution is 5.77. The Morgan fingerprint density at radius 3 is 3.17 bits per heavy atom. The van der Waals surface area contributed by atoms with Crippen LogP contribution in [0.1, 0.15) is 31.4 Å². The van der Waals surface area contributed by atoms with Gasteiger partial charge in [0.15, 0.2) is 0 Å². The van der Waals surface area contributed by atoms with Gasteiger partial charge < -0.3 is 10.3 Å². The van der Waals surface area contributed by atoms with Crippen LogP contribution in [0.25, 0.3) is 11.0 Å². The first-order valence-corrected chi connectivity index (χ1v) is 6.88. The molecule has 1 aliphatic carbocycles. The molecule has 2 aromatic rings. The molecule has 2 heterocycles. The number of rotatable bonds is 0. The van der Waals surface area contributed by atoms with Crippen LogP contribution in [-0.4, -0.2) is 22.6 Å². The van der Waals surface area contributed by atoms with Crippen LogP contribution in [0, 0.1) is 5.92 Å². The van der Waals surface area contributed by atoms with Crippen LogP contribution < -0.4 is 5.32 Å². The van der Waals surface area contributed by atoms with E-state index in [1.54, 1.807) is 6.33 Å². The number of benzene rings is 1. The highest BCUT2D eigenvalue weighted by atomic mass is 15.0. The van der Waals surface area contributed by atoms with Gasteiger partial charge in [0.2, 0.25) is 0 Å². The maximum Gasteiger partial charge on any atom is 0.0931 e. The molecule has 1 aromatic heterocycles. The average molecular weight is 241 g/mol. The smallest absolute Gasteiger partial charge is 0.0931 e. The summed E-state index contributed by atoms with van der Waals surface area (Å²) in [5.41, 5.74) is 5.64. The van der Waals surface area contributed by atoms with Gasteiger partial charge >= 0.3 is 0 Å². The summed E-state index contributed by atoms with van der Waals surface area (Å²) in [5.74, 6) is 0.704. The summed E-state index contributed by atoms with van der Waals surface area (Å²) >= 11 is 0. The number of imidazole rings is 1. The highest BCUT2D eigenvalue weighted by Crippen LogP contribution is 2.46. The van der Waals surface area contributed by atoms with Gasteiger partial charge in [-0.2, -0.15) is 0 Å². The molecule has 3 atom stereocenters. The van der Waals surface area contributed by atoms with Gasteiger partial charge in [0.05, 0.1) is 17.4 Å². The molecule has 1 aromatic carbocycles. The lowest BCUT2D eigenvalue weighted by molar-refractivity contribution is 0.158. The Morgan fingerprint density at radius 1 is 1.39 bits per heavy atom. The van der Waals surface area contributed by atoms with Gasteiger partial charge in [0, 0.05) is 6.04 Å². The van der Waals surface area contributed by atoms with Gasteiger partial charge in [-0.25, -0.2) is 4.98 Å². The Labute approximate surface area is 107 Å². The molecule has 2 bridgehead atoms. The first-order chi connectivity index (χ1) is 8.68. The van der Waals surface area contributed by atoms with E-state index in [4.69, 9.17) is 0 Å². The van der Waals surface area contributed by atoms with E-state index in [-0.39, 0.29) is 0 Å². The van der Waals surface area contributed by atoms with Crippen LogP contribution in [0.2, 0.25) is 0 Å². The maximum atomic E-state index is 4.42. The van der Waals surface area contributed by atoms with Crippen molar-refractivity contribution in [3.63, 3.8) is 0 Å². The number of fused-ring (bicyclic) bond motifs is 5. The summed E-state index contributed by atoms with van der Waals surface area (Å²) in [6.07, 6.45) is 4.18. The lowest BCUT2D eigenvalue weighted by Crippen LogP contribution is -2.56. The third kappa shape index (κ3) is 1.20. The van der Waals surface area contributed by atoms with Gasteiger partial charge in [-0.15, -0.1) is 0 Å². The summed E-state index contributed by atoms with van der Waals surface area (Å²) in [6.45, 7) is 5.97. The van der Waals surface area contributed by atoms with Gasteiger partial charge in [0.25, 0.3) is 0 Å². The van der Waals surface area contributed by atoms with Gasteiger partial charge in [-0.05, 0) is 54.0 Å². The number of H-pyrrole nitrogens is 1. The summed E-state index contributed by atoms with van der Waals surface area (Å²) in [6, 6.07) is 5.26. The number of aromatic nitrogens is 2. The first-order valence-electron chi connectivity index (χ1n) is 6.88. The van der Waals surface area contributed by atoms with Crippen molar-refractivity contribution < 1.29 is 0 Å². The minimum atomic E-state index is 0.316. The molecule has 2 N–H and O–H groups in total. The van der Waals surface area contributed by atoms with Crippen LogP contribution in [0.5, 0.6) is 0 Å². The summed E-state index contributed by atoms with van der Waals surface area (Å²) in [7, 11) is 0. The lowest BCUT2D eigenvalue weighted by atomic mass is 9.59. The highest BCUT2D eigenvalue weighted by Gasteiger charge is 2.45. The molecule has 1 aliphatic heterocycles. The fourth-order valence-corrected chi connectivity index (χ4v) is 3.96. The second-order valence-corrected chi connectivity index (χ2v) is 6.15. The molecular formula is C15H19N3. The number of nitrogens with zero attached hydrogens (tertiary/aromatic N) is 1. The topological polar surface area (TPSA) is 40.7 Å². The average Bonchev–Trinajstić information content (AvgIpc) is 2.79. The van der Waals surface area contributed by atoms with E-state index < -0.39 is 0 Å². The van der Waals surface area contributed by atoms with E-state index in [0.717, 1.165) is 18.5 Å². The second kappa shape index (κ2) is 3.35. The Morgan fingerprint density at radius 2 is 2.28 bits per heavy atom. The Balaban J connectivity index is 1.99. The SMILES string of the molecule is CC1[C@H]2Cc3cc4[nH]cnc4cc3[C@]1(C)CCN2. The van der Waals surface area contributed by atoms with Crippen molar-refractivity contribution in [2.75, 3.05) is 6.54 Å². The van der Waals surface area contributed by atoms with Crippen LogP contribution in [0.3, 0.4) is 0 Å². The van der Waals surface area contributed by atoms with E-state index in [9.17, 15) is 0 Å². The molecule has 1 saturated heterocycles. The van der Waals surface area contributed by atoms with E-state index in [2.05, 4.69) is 41.3 Å². The number of hydrogen-bond donors (Lipinski definition) is 2. The van der Waals surface area contributed by atoms with E-state index >= 15 is 0 Å². The van der Waals surface area contributed by atoms with Gasteiger partial charge in [-0.3, -0.25) is 0 Å². The predicted octanol–water partition coefficient (Wildman–Crippen LogP) is 2.37. The molecule has 4 rings (SSSR count). The summed E-state index contributed by atoms with van der Waals surface area (Å²) < 4.78 is 0. The van der Waals surface area contributed by atoms with Crippen LogP contribution >= 0.6 is 0 Å².